The lowest BCUT2D eigenvalue weighted by atomic mass is 10.3. The van der Waals surface area contributed by atoms with E-state index in [-0.39, 0.29) is 0 Å². The van der Waals surface area contributed by atoms with Crippen molar-refractivity contribution in [3.63, 3.8) is 0 Å². The molecule has 0 saturated carbocycles. The molecule has 0 aliphatic heterocycles. The van der Waals surface area contributed by atoms with E-state index >= 15 is 0 Å². The summed E-state index contributed by atoms with van der Waals surface area (Å²) in [5, 5.41) is 1.03. The average Bonchev–Trinajstić information content (AvgIpc) is 2.86. The molecule has 2 aromatic heterocycles. The zero-order chi connectivity index (χ0) is 12.4. The third-order valence-corrected chi connectivity index (χ3v) is 4.51. The van der Waals surface area contributed by atoms with Gasteiger partial charge in [-0.25, -0.2) is 0 Å². The number of aryl methyl sites for hydroxylation is 2. The zero-order valence-electron chi connectivity index (χ0n) is 10.9. The van der Waals surface area contributed by atoms with Crippen LogP contribution >= 0.6 is 11.8 Å². The van der Waals surface area contributed by atoms with Crippen molar-refractivity contribution in [3.05, 3.63) is 48.0 Å². The van der Waals surface area contributed by atoms with E-state index in [0.717, 1.165) is 0 Å². The summed E-state index contributed by atoms with van der Waals surface area (Å²) in [6.45, 7) is 4.55. The summed E-state index contributed by atoms with van der Waals surface area (Å²) in [4.78, 5) is 0. The lowest BCUT2D eigenvalue weighted by Gasteiger charge is -2.18. The zero-order valence-corrected chi connectivity index (χ0v) is 11.7. The Balaban J connectivity index is 2.07. The molecule has 0 fully saturated rings. The monoisotopic (exact) mass is 248 g/mol. The van der Waals surface area contributed by atoms with Crippen molar-refractivity contribution < 1.29 is 0 Å². The van der Waals surface area contributed by atoms with Gasteiger partial charge < -0.3 is 9.13 Å². The Hall–Kier alpha value is -1.09. The number of nitrogens with zero attached hydrogens (tertiary/aromatic N) is 2. The first-order valence-electron chi connectivity index (χ1n) is 5.97. The Morgan fingerprint density at radius 2 is 1.29 bits per heavy atom. The summed E-state index contributed by atoms with van der Waals surface area (Å²) in [5.74, 6) is 0. The second-order valence-corrected chi connectivity index (χ2v) is 6.19. The van der Waals surface area contributed by atoms with Crippen molar-refractivity contribution in [2.24, 2.45) is 14.1 Å². The lowest BCUT2D eigenvalue weighted by molar-refractivity contribution is 0.807. The standard InChI is InChI=1S/C14H20N2S/c1-11(13-7-5-9-15(13)3)17-12(2)14-8-6-10-16(14)4/h5-12H,1-4H3. The largest absolute Gasteiger partial charge is 0.353 e. The molecule has 0 aromatic carbocycles. The summed E-state index contributed by atoms with van der Waals surface area (Å²) < 4.78 is 4.41. The minimum atomic E-state index is 0.514. The molecular formula is C14H20N2S. The van der Waals surface area contributed by atoms with Crippen LogP contribution in [0.1, 0.15) is 35.7 Å². The van der Waals surface area contributed by atoms with E-state index in [4.69, 9.17) is 0 Å². The van der Waals surface area contributed by atoms with Crippen LogP contribution in [0.5, 0.6) is 0 Å². The fourth-order valence-corrected chi connectivity index (χ4v) is 3.62. The molecule has 2 unspecified atom stereocenters. The first-order valence-corrected chi connectivity index (χ1v) is 6.91. The average molecular weight is 248 g/mol. The third-order valence-electron chi connectivity index (χ3n) is 3.21. The van der Waals surface area contributed by atoms with Crippen LogP contribution in [0.3, 0.4) is 0 Å². The molecule has 2 nitrogen and oxygen atoms in total. The van der Waals surface area contributed by atoms with Gasteiger partial charge in [-0.3, -0.25) is 0 Å². The van der Waals surface area contributed by atoms with Gasteiger partial charge in [0, 0.05) is 48.4 Å². The van der Waals surface area contributed by atoms with Gasteiger partial charge in [0.2, 0.25) is 0 Å². The molecule has 92 valence electrons. The SMILES string of the molecule is CC(SC(C)c1cccn1C)c1cccn1C. The van der Waals surface area contributed by atoms with Gasteiger partial charge in [0.25, 0.3) is 0 Å². The second kappa shape index (κ2) is 5.05. The van der Waals surface area contributed by atoms with Crippen LogP contribution < -0.4 is 0 Å². The van der Waals surface area contributed by atoms with E-state index in [0.29, 0.717) is 10.5 Å². The fourth-order valence-electron chi connectivity index (χ4n) is 2.24. The predicted molar refractivity (Wildman–Crippen MR) is 75.2 cm³/mol. The molecule has 2 atom stereocenters. The highest BCUT2D eigenvalue weighted by molar-refractivity contribution is 7.99. The molecule has 0 N–H and O–H groups in total. The lowest BCUT2D eigenvalue weighted by Crippen LogP contribution is -2.02. The number of hydrogen-bond donors (Lipinski definition) is 0. The van der Waals surface area contributed by atoms with Gasteiger partial charge in [-0.1, -0.05) is 0 Å². The minimum absolute atomic E-state index is 0.514. The topological polar surface area (TPSA) is 9.86 Å². The number of aromatic nitrogens is 2. The highest BCUT2D eigenvalue weighted by Gasteiger charge is 2.16. The molecule has 17 heavy (non-hydrogen) atoms. The van der Waals surface area contributed by atoms with Crippen LogP contribution in [-0.4, -0.2) is 9.13 Å². The molecule has 0 bridgehead atoms. The smallest absolute Gasteiger partial charge is 0.0428 e. The molecular weight excluding hydrogens is 228 g/mol. The molecule has 2 aromatic rings. The number of thioether (sulfide) groups is 1. The molecule has 0 aliphatic rings. The van der Waals surface area contributed by atoms with Crippen molar-refractivity contribution in [2.75, 3.05) is 0 Å². The number of rotatable bonds is 4. The Morgan fingerprint density at radius 3 is 1.59 bits per heavy atom. The Bertz CT molecular complexity index is 440. The molecule has 2 heterocycles. The van der Waals surface area contributed by atoms with Crippen molar-refractivity contribution in [3.8, 4) is 0 Å². The summed E-state index contributed by atoms with van der Waals surface area (Å²) in [6, 6.07) is 8.63. The summed E-state index contributed by atoms with van der Waals surface area (Å²) >= 11 is 2.00. The summed E-state index contributed by atoms with van der Waals surface area (Å²) in [5.41, 5.74) is 2.77. The van der Waals surface area contributed by atoms with E-state index in [1.165, 1.54) is 11.4 Å². The van der Waals surface area contributed by atoms with Crippen LogP contribution in [0.2, 0.25) is 0 Å². The van der Waals surface area contributed by atoms with Crippen LogP contribution in [-0.2, 0) is 14.1 Å². The maximum atomic E-state index is 2.28. The molecule has 2 rings (SSSR count). The van der Waals surface area contributed by atoms with Gasteiger partial charge in [0.1, 0.15) is 0 Å². The maximum absolute atomic E-state index is 2.28. The Morgan fingerprint density at radius 1 is 0.882 bits per heavy atom. The summed E-state index contributed by atoms with van der Waals surface area (Å²) in [6.07, 6.45) is 4.22. The third kappa shape index (κ3) is 2.60. The summed E-state index contributed by atoms with van der Waals surface area (Å²) in [7, 11) is 4.22. The highest BCUT2D eigenvalue weighted by Crippen LogP contribution is 2.39. The molecule has 0 spiro atoms. The van der Waals surface area contributed by atoms with Crippen molar-refractivity contribution in [2.45, 2.75) is 24.3 Å². The van der Waals surface area contributed by atoms with Crippen molar-refractivity contribution in [1.29, 1.82) is 0 Å². The number of hydrogen-bond acceptors (Lipinski definition) is 1. The molecule has 0 saturated heterocycles. The molecule has 0 radical (unpaired) electrons. The highest BCUT2D eigenvalue weighted by atomic mass is 32.2. The van der Waals surface area contributed by atoms with Crippen LogP contribution in [0.25, 0.3) is 0 Å². The van der Waals surface area contributed by atoms with Gasteiger partial charge in [-0.2, -0.15) is 0 Å². The predicted octanol–water partition coefficient (Wildman–Crippen LogP) is 3.92. The van der Waals surface area contributed by atoms with Gasteiger partial charge in [-0.05, 0) is 38.1 Å². The molecule has 3 heteroatoms. The molecule has 0 aliphatic carbocycles. The van der Waals surface area contributed by atoms with Crippen LogP contribution in [0, 0.1) is 0 Å². The van der Waals surface area contributed by atoms with E-state index in [9.17, 15) is 0 Å². The first-order chi connectivity index (χ1) is 8.09. The Kier molecular flexibility index (Phi) is 3.67. The quantitative estimate of drug-likeness (QED) is 0.797. The Labute approximate surface area is 108 Å². The molecule has 0 amide bonds. The van der Waals surface area contributed by atoms with E-state index in [2.05, 4.69) is 73.7 Å². The minimum Gasteiger partial charge on any atom is -0.353 e. The van der Waals surface area contributed by atoms with E-state index in [1.54, 1.807) is 0 Å². The second-order valence-electron chi connectivity index (χ2n) is 4.51. The fraction of sp³-hybridized carbons (Fsp3) is 0.429. The van der Waals surface area contributed by atoms with E-state index < -0.39 is 0 Å². The first kappa shape index (κ1) is 12.4. The van der Waals surface area contributed by atoms with Gasteiger partial charge in [0.15, 0.2) is 0 Å². The van der Waals surface area contributed by atoms with Crippen LogP contribution in [0.15, 0.2) is 36.7 Å². The maximum Gasteiger partial charge on any atom is 0.0428 e. The van der Waals surface area contributed by atoms with E-state index in [1.807, 2.05) is 11.8 Å². The van der Waals surface area contributed by atoms with Crippen LogP contribution in [0.4, 0.5) is 0 Å². The van der Waals surface area contributed by atoms with Gasteiger partial charge in [-0.15, -0.1) is 11.8 Å². The van der Waals surface area contributed by atoms with Gasteiger partial charge >= 0.3 is 0 Å². The van der Waals surface area contributed by atoms with Gasteiger partial charge in [0.05, 0.1) is 0 Å². The van der Waals surface area contributed by atoms with Crippen molar-refractivity contribution in [1.82, 2.24) is 9.13 Å². The normalized spacial score (nSPS) is 14.8. The van der Waals surface area contributed by atoms with Crippen molar-refractivity contribution >= 4 is 11.8 Å².